The van der Waals surface area contributed by atoms with Gasteiger partial charge in [-0.2, -0.15) is 0 Å². The molecule has 0 spiro atoms. The Bertz CT molecular complexity index is 1240. The Hall–Kier alpha value is -2.17. The maximum atomic E-state index is 6.42. The highest BCUT2D eigenvalue weighted by Crippen LogP contribution is 2.39. The predicted octanol–water partition coefficient (Wildman–Crippen LogP) is 4.81. The predicted molar refractivity (Wildman–Crippen MR) is 137 cm³/mol. The molecule has 0 saturated carbocycles. The topological polar surface area (TPSA) is 78.0 Å². The highest BCUT2D eigenvalue weighted by atomic mass is 79.9. The van der Waals surface area contributed by atoms with Gasteiger partial charge in [-0.25, -0.2) is 9.97 Å². The van der Waals surface area contributed by atoms with Crippen LogP contribution in [0.15, 0.2) is 41.1 Å². The maximum absolute atomic E-state index is 6.42. The number of halogens is 2. The van der Waals surface area contributed by atoms with Gasteiger partial charge in [0.25, 0.3) is 0 Å². The Balaban J connectivity index is 1.24. The molecule has 3 aliphatic heterocycles. The summed E-state index contributed by atoms with van der Waals surface area (Å²) in [5, 5.41) is 4.74. The minimum absolute atomic E-state index is 0.0420. The summed E-state index contributed by atoms with van der Waals surface area (Å²) in [4.78, 5) is 11.4. The van der Waals surface area contributed by atoms with Crippen LogP contribution in [0.1, 0.15) is 12.8 Å². The summed E-state index contributed by atoms with van der Waals surface area (Å²) in [5.41, 5.74) is 1.55. The average Bonchev–Trinajstić information content (AvgIpc) is 3.61. The number of anilines is 2. The molecule has 0 bridgehead atoms. The van der Waals surface area contributed by atoms with Crippen molar-refractivity contribution >= 4 is 49.9 Å². The molecule has 0 aliphatic carbocycles. The van der Waals surface area contributed by atoms with Crippen molar-refractivity contribution in [3.05, 3.63) is 46.2 Å². The van der Waals surface area contributed by atoms with Gasteiger partial charge in [0.05, 0.1) is 36.9 Å². The van der Waals surface area contributed by atoms with E-state index in [0.29, 0.717) is 41.6 Å². The van der Waals surface area contributed by atoms with Gasteiger partial charge in [-0.15, -0.1) is 0 Å². The first-order valence-corrected chi connectivity index (χ1v) is 13.0. The quantitative estimate of drug-likeness (QED) is 0.460. The zero-order chi connectivity index (χ0) is 23.9. The molecule has 10 heteroatoms. The molecule has 3 aliphatic rings. The van der Waals surface area contributed by atoms with E-state index in [1.807, 2.05) is 30.3 Å². The minimum Gasteiger partial charge on any atom is -0.493 e. The normalized spacial score (nSPS) is 26.3. The molecule has 3 aromatic rings. The summed E-state index contributed by atoms with van der Waals surface area (Å²) in [6.45, 7) is 3.41. The first-order chi connectivity index (χ1) is 17.1. The fraction of sp³-hybridized carbons (Fsp3) is 0.440. The molecule has 3 fully saturated rings. The lowest BCUT2D eigenvalue weighted by Gasteiger charge is -2.26. The van der Waals surface area contributed by atoms with Gasteiger partial charge < -0.3 is 24.3 Å². The zero-order valence-electron chi connectivity index (χ0n) is 19.2. The molecule has 8 nitrogen and oxygen atoms in total. The third-order valence-electron chi connectivity index (χ3n) is 6.97. The van der Waals surface area contributed by atoms with E-state index >= 15 is 0 Å². The molecular weight excluding hydrogens is 536 g/mol. The highest BCUT2D eigenvalue weighted by Gasteiger charge is 2.51. The van der Waals surface area contributed by atoms with Gasteiger partial charge in [0.15, 0.2) is 17.6 Å². The lowest BCUT2D eigenvalue weighted by atomic mass is 10.1. The summed E-state index contributed by atoms with van der Waals surface area (Å²) < 4.78 is 25.3. The molecule has 184 valence electrons. The smallest absolute Gasteiger partial charge is 0.164 e. The second-order valence-electron chi connectivity index (χ2n) is 9.06. The van der Waals surface area contributed by atoms with Crippen LogP contribution >= 0.6 is 27.5 Å². The summed E-state index contributed by atoms with van der Waals surface area (Å²) in [7, 11) is 1.63. The third kappa shape index (κ3) is 4.44. The largest absolute Gasteiger partial charge is 0.493 e. The van der Waals surface area contributed by atoms with Crippen LogP contribution in [-0.4, -0.2) is 72.6 Å². The van der Waals surface area contributed by atoms with Crippen molar-refractivity contribution in [2.75, 3.05) is 38.7 Å². The Morgan fingerprint density at radius 1 is 1.06 bits per heavy atom. The number of methoxy groups -OCH3 is 1. The molecule has 0 unspecified atom stereocenters. The first-order valence-electron chi connectivity index (χ1n) is 11.8. The number of benzene rings is 2. The number of likely N-dealkylation sites (tertiary alicyclic amines) is 1. The standard InChI is InChI=1S/C25H26BrClN4O4/c1-32-20-9-15-18(28-13-29-25(15)30-14-4-5-16(26)17(27)8-14)10-21(20)35-22-12-34-23-19(11-33-24(22)23)31-6-2-3-7-31/h4-5,8-10,13,19,22-24H,2-3,6-7,11-12H2,1H3,(H,28,29,30)/t19-,22-,23+,24+/m0/s1. The van der Waals surface area contributed by atoms with E-state index in [4.69, 9.17) is 30.5 Å². The fourth-order valence-electron chi connectivity index (χ4n) is 5.22. The summed E-state index contributed by atoms with van der Waals surface area (Å²) in [6.07, 6.45) is 3.76. The number of hydrogen-bond acceptors (Lipinski definition) is 8. The van der Waals surface area contributed by atoms with E-state index in [0.717, 1.165) is 34.2 Å². The molecule has 35 heavy (non-hydrogen) atoms. The van der Waals surface area contributed by atoms with Crippen molar-refractivity contribution in [2.24, 2.45) is 0 Å². The Kier molecular flexibility index (Phi) is 6.45. The maximum Gasteiger partial charge on any atom is 0.164 e. The van der Waals surface area contributed by atoms with Crippen molar-refractivity contribution in [2.45, 2.75) is 37.2 Å². The van der Waals surface area contributed by atoms with Crippen molar-refractivity contribution in [3.8, 4) is 11.5 Å². The van der Waals surface area contributed by atoms with Gasteiger partial charge in [-0.3, -0.25) is 4.90 Å². The van der Waals surface area contributed by atoms with E-state index in [1.165, 1.54) is 19.2 Å². The number of rotatable bonds is 6. The van der Waals surface area contributed by atoms with Crippen molar-refractivity contribution in [1.29, 1.82) is 0 Å². The van der Waals surface area contributed by atoms with Crippen molar-refractivity contribution in [1.82, 2.24) is 14.9 Å². The first kappa shape index (κ1) is 23.2. The fourth-order valence-corrected chi connectivity index (χ4v) is 5.65. The van der Waals surface area contributed by atoms with Gasteiger partial charge in [0.1, 0.15) is 24.4 Å². The number of ether oxygens (including phenoxy) is 4. The molecule has 1 N–H and O–H groups in total. The highest BCUT2D eigenvalue weighted by molar-refractivity contribution is 9.10. The van der Waals surface area contributed by atoms with Crippen LogP contribution in [0, 0.1) is 0 Å². The number of aromatic nitrogens is 2. The number of fused-ring (bicyclic) bond motifs is 2. The van der Waals surface area contributed by atoms with E-state index in [9.17, 15) is 0 Å². The Morgan fingerprint density at radius 3 is 2.69 bits per heavy atom. The second kappa shape index (κ2) is 9.71. The molecule has 4 atom stereocenters. The van der Waals surface area contributed by atoms with Crippen LogP contribution in [0.4, 0.5) is 11.5 Å². The number of hydrogen-bond donors (Lipinski definition) is 1. The molecule has 6 rings (SSSR count). The van der Waals surface area contributed by atoms with Gasteiger partial charge in [0, 0.05) is 21.6 Å². The van der Waals surface area contributed by atoms with Gasteiger partial charge >= 0.3 is 0 Å². The monoisotopic (exact) mass is 560 g/mol. The number of nitrogens with zero attached hydrogens (tertiary/aromatic N) is 3. The summed E-state index contributed by atoms with van der Waals surface area (Å²) >= 11 is 9.67. The van der Waals surface area contributed by atoms with Crippen LogP contribution in [0.25, 0.3) is 10.9 Å². The van der Waals surface area contributed by atoms with Gasteiger partial charge in [-0.1, -0.05) is 11.6 Å². The number of nitrogens with one attached hydrogen (secondary N) is 1. The van der Waals surface area contributed by atoms with Crippen LogP contribution < -0.4 is 14.8 Å². The molecule has 2 aromatic carbocycles. The molecule has 0 amide bonds. The van der Waals surface area contributed by atoms with Crippen molar-refractivity contribution in [3.63, 3.8) is 0 Å². The van der Waals surface area contributed by atoms with Crippen LogP contribution in [0.5, 0.6) is 11.5 Å². The lowest BCUT2D eigenvalue weighted by molar-refractivity contribution is 0.0254. The molecule has 4 heterocycles. The van der Waals surface area contributed by atoms with Crippen LogP contribution in [0.2, 0.25) is 5.02 Å². The van der Waals surface area contributed by atoms with Crippen molar-refractivity contribution < 1.29 is 18.9 Å². The molecule has 3 saturated heterocycles. The van der Waals surface area contributed by atoms with Gasteiger partial charge in [0.2, 0.25) is 0 Å². The average molecular weight is 562 g/mol. The minimum atomic E-state index is -0.205. The van der Waals surface area contributed by atoms with E-state index < -0.39 is 0 Å². The molecule has 1 aromatic heterocycles. The van der Waals surface area contributed by atoms with Crippen LogP contribution in [-0.2, 0) is 9.47 Å². The second-order valence-corrected chi connectivity index (χ2v) is 10.3. The zero-order valence-corrected chi connectivity index (χ0v) is 21.6. The Labute approximate surface area is 217 Å². The summed E-state index contributed by atoms with van der Waals surface area (Å²) in [5.74, 6) is 1.86. The third-order valence-corrected chi connectivity index (χ3v) is 8.21. The van der Waals surface area contributed by atoms with E-state index in [2.05, 4.69) is 36.1 Å². The SMILES string of the molecule is COc1cc2c(Nc3ccc(Br)c(Cl)c3)ncnc2cc1O[C@H]1CO[C@H]2[C@@H]1OC[C@@H]2N1CCCC1. The lowest BCUT2D eigenvalue weighted by Crippen LogP contribution is -2.43. The Morgan fingerprint density at radius 2 is 1.89 bits per heavy atom. The summed E-state index contributed by atoms with van der Waals surface area (Å²) in [6, 6.07) is 9.73. The van der Waals surface area contributed by atoms with Crippen LogP contribution in [0.3, 0.4) is 0 Å². The van der Waals surface area contributed by atoms with E-state index in [1.54, 1.807) is 7.11 Å². The van der Waals surface area contributed by atoms with Gasteiger partial charge in [-0.05, 0) is 66.1 Å². The molecule has 0 radical (unpaired) electrons. The molecular formula is C25H26BrClN4O4. The van der Waals surface area contributed by atoms with E-state index in [-0.39, 0.29) is 18.3 Å².